The number of carbonyl (C=O) groups is 1. The molecular weight excluding hydrogens is 310 g/mol. The zero-order chi connectivity index (χ0) is 14.3. The molecule has 5 heteroatoms. The smallest absolute Gasteiger partial charge is 0.220 e. The van der Waals surface area contributed by atoms with Crippen LogP contribution >= 0.6 is 15.9 Å². The lowest BCUT2D eigenvalue weighted by Gasteiger charge is -2.15. The molecule has 1 atom stereocenters. The minimum atomic E-state index is -0.0520. The molecule has 0 saturated carbocycles. The van der Waals surface area contributed by atoms with Gasteiger partial charge in [0, 0.05) is 13.0 Å². The maximum atomic E-state index is 11.7. The zero-order valence-electron chi connectivity index (χ0n) is 11.3. The predicted octanol–water partition coefficient (Wildman–Crippen LogP) is 2.80. The van der Waals surface area contributed by atoms with Crippen molar-refractivity contribution >= 4 is 21.8 Å². The molecule has 0 bridgehead atoms. The molecule has 1 aromatic rings. The zero-order valence-corrected chi connectivity index (χ0v) is 12.9. The maximum absolute atomic E-state index is 11.7. The van der Waals surface area contributed by atoms with E-state index in [2.05, 4.69) is 21.2 Å². The van der Waals surface area contributed by atoms with Crippen LogP contribution in [0.25, 0.3) is 0 Å². The normalized spacial score (nSPS) is 12.0. The Morgan fingerprint density at radius 1 is 1.47 bits per heavy atom. The number of hydrogen-bond acceptors (Lipinski definition) is 3. The molecule has 0 fully saturated rings. The largest absolute Gasteiger partial charge is 0.496 e. The summed E-state index contributed by atoms with van der Waals surface area (Å²) in [5.41, 5.74) is 1.02. The van der Waals surface area contributed by atoms with Gasteiger partial charge in [-0.15, -0.1) is 0 Å². The van der Waals surface area contributed by atoms with Crippen molar-refractivity contribution in [3.05, 3.63) is 28.2 Å². The fraction of sp³-hybridized carbons (Fsp3) is 0.500. The molecule has 1 unspecified atom stereocenters. The van der Waals surface area contributed by atoms with Gasteiger partial charge in [0.2, 0.25) is 5.91 Å². The molecule has 0 aliphatic rings. The summed E-state index contributed by atoms with van der Waals surface area (Å²) in [7, 11) is 1.62. The highest BCUT2D eigenvalue weighted by atomic mass is 79.9. The molecule has 0 radical (unpaired) electrons. The number of aliphatic hydroxyl groups excluding tert-OH is 1. The van der Waals surface area contributed by atoms with E-state index in [1.165, 1.54) is 0 Å². The number of halogens is 1. The van der Waals surface area contributed by atoms with Crippen LogP contribution in [0.1, 0.15) is 37.8 Å². The van der Waals surface area contributed by atoms with E-state index in [0.29, 0.717) is 19.3 Å². The maximum Gasteiger partial charge on any atom is 0.220 e. The molecule has 1 aromatic carbocycles. The van der Waals surface area contributed by atoms with Crippen LogP contribution in [0.5, 0.6) is 5.75 Å². The molecule has 106 valence electrons. The monoisotopic (exact) mass is 329 g/mol. The van der Waals surface area contributed by atoms with Crippen molar-refractivity contribution < 1.29 is 14.6 Å². The number of ether oxygens (including phenoxy) is 1. The Hall–Kier alpha value is -1.07. The average molecular weight is 330 g/mol. The van der Waals surface area contributed by atoms with Crippen molar-refractivity contribution in [3.63, 3.8) is 0 Å². The Morgan fingerprint density at radius 3 is 2.79 bits per heavy atom. The summed E-state index contributed by atoms with van der Waals surface area (Å²) in [4.78, 5) is 11.7. The second-order valence-corrected chi connectivity index (χ2v) is 5.22. The van der Waals surface area contributed by atoms with Gasteiger partial charge in [0.05, 0.1) is 17.6 Å². The van der Waals surface area contributed by atoms with E-state index in [0.717, 1.165) is 15.8 Å². The number of unbranched alkanes of at least 4 members (excludes halogenated alkanes) is 1. The molecule has 2 N–H and O–H groups in total. The lowest BCUT2D eigenvalue weighted by Crippen LogP contribution is -2.26. The van der Waals surface area contributed by atoms with Crippen LogP contribution in [0.2, 0.25) is 0 Å². The van der Waals surface area contributed by atoms with Crippen LogP contribution < -0.4 is 10.1 Å². The number of rotatable bonds is 7. The van der Waals surface area contributed by atoms with E-state index in [1.807, 2.05) is 25.1 Å². The number of carbonyl (C=O) groups excluding carboxylic acids is 1. The van der Waals surface area contributed by atoms with E-state index in [9.17, 15) is 4.79 Å². The Kier molecular flexibility index (Phi) is 6.87. The minimum Gasteiger partial charge on any atom is -0.496 e. The van der Waals surface area contributed by atoms with Crippen LogP contribution in [0.3, 0.4) is 0 Å². The van der Waals surface area contributed by atoms with Gasteiger partial charge in [-0.1, -0.05) is 6.07 Å². The van der Waals surface area contributed by atoms with Gasteiger partial charge in [-0.3, -0.25) is 4.79 Å². The molecule has 19 heavy (non-hydrogen) atoms. The molecule has 4 nitrogen and oxygen atoms in total. The first-order valence-corrected chi connectivity index (χ1v) is 7.11. The average Bonchev–Trinajstić information content (AvgIpc) is 2.38. The van der Waals surface area contributed by atoms with Crippen molar-refractivity contribution in [2.75, 3.05) is 13.7 Å². The third-order valence-electron chi connectivity index (χ3n) is 2.87. The first-order chi connectivity index (χ1) is 9.08. The van der Waals surface area contributed by atoms with Gasteiger partial charge >= 0.3 is 0 Å². The Bertz CT molecular complexity index is 423. The van der Waals surface area contributed by atoms with Gasteiger partial charge in [-0.2, -0.15) is 0 Å². The molecule has 0 spiro atoms. The molecule has 1 rings (SSSR count). The number of hydrogen-bond donors (Lipinski definition) is 2. The summed E-state index contributed by atoms with van der Waals surface area (Å²) in [5, 5.41) is 11.6. The second-order valence-electron chi connectivity index (χ2n) is 4.36. The third-order valence-corrected chi connectivity index (χ3v) is 3.49. The number of benzene rings is 1. The van der Waals surface area contributed by atoms with Gasteiger partial charge in [-0.05, 0) is 53.4 Å². The number of methoxy groups -OCH3 is 1. The van der Waals surface area contributed by atoms with Gasteiger partial charge in [0.25, 0.3) is 0 Å². The fourth-order valence-electron chi connectivity index (χ4n) is 1.75. The predicted molar refractivity (Wildman–Crippen MR) is 78.2 cm³/mol. The van der Waals surface area contributed by atoms with E-state index < -0.39 is 0 Å². The van der Waals surface area contributed by atoms with Crippen molar-refractivity contribution in [1.29, 1.82) is 0 Å². The van der Waals surface area contributed by atoms with Gasteiger partial charge < -0.3 is 15.2 Å². The topological polar surface area (TPSA) is 58.6 Å². The molecule has 1 amide bonds. The molecule has 0 aliphatic carbocycles. The van der Waals surface area contributed by atoms with Gasteiger partial charge in [-0.25, -0.2) is 0 Å². The minimum absolute atomic E-state index is 0.00731. The van der Waals surface area contributed by atoms with Crippen LogP contribution in [-0.4, -0.2) is 24.7 Å². The highest BCUT2D eigenvalue weighted by molar-refractivity contribution is 9.10. The van der Waals surface area contributed by atoms with Gasteiger partial charge in [0.1, 0.15) is 5.75 Å². The highest BCUT2D eigenvalue weighted by Crippen LogP contribution is 2.27. The molecular formula is C14H20BrNO3. The summed E-state index contributed by atoms with van der Waals surface area (Å²) < 4.78 is 6.04. The van der Waals surface area contributed by atoms with Crippen LogP contribution in [0.4, 0.5) is 0 Å². The van der Waals surface area contributed by atoms with Crippen LogP contribution in [0, 0.1) is 0 Å². The summed E-state index contributed by atoms with van der Waals surface area (Å²) in [5.74, 6) is 0.776. The first kappa shape index (κ1) is 16.0. The Balaban J connectivity index is 2.55. The molecule has 0 saturated heterocycles. The molecule has 0 aromatic heterocycles. The number of aliphatic hydroxyl groups is 1. The van der Waals surface area contributed by atoms with Crippen LogP contribution in [0.15, 0.2) is 22.7 Å². The second kappa shape index (κ2) is 8.17. The Labute approximate surface area is 122 Å². The SMILES string of the molecule is COc1ccc(C(C)NC(=O)CCCCO)cc1Br. The first-order valence-electron chi connectivity index (χ1n) is 6.32. The quantitative estimate of drug-likeness (QED) is 0.756. The Morgan fingerprint density at radius 2 is 2.21 bits per heavy atom. The van der Waals surface area contributed by atoms with Crippen molar-refractivity contribution in [2.45, 2.75) is 32.2 Å². The number of nitrogens with one attached hydrogen (secondary N) is 1. The van der Waals surface area contributed by atoms with E-state index in [4.69, 9.17) is 9.84 Å². The lowest BCUT2D eigenvalue weighted by molar-refractivity contribution is -0.121. The van der Waals surface area contributed by atoms with E-state index in [1.54, 1.807) is 7.11 Å². The van der Waals surface area contributed by atoms with Crippen molar-refractivity contribution in [3.8, 4) is 5.75 Å². The summed E-state index contributed by atoms with van der Waals surface area (Å²) in [6.07, 6.45) is 1.82. The van der Waals surface area contributed by atoms with E-state index >= 15 is 0 Å². The van der Waals surface area contributed by atoms with Crippen molar-refractivity contribution in [2.24, 2.45) is 0 Å². The number of amides is 1. The fourth-order valence-corrected chi connectivity index (χ4v) is 2.30. The van der Waals surface area contributed by atoms with Crippen molar-refractivity contribution in [1.82, 2.24) is 5.32 Å². The molecule has 0 aliphatic heterocycles. The lowest BCUT2D eigenvalue weighted by atomic mass is 10.1. The summed E-state index contributed by atoms with van der Waals surface area (Å²) in [6.45, 7) is 2.08. The highest BCUT2D eigenvalue weighted by Gasteiger charge is 2.11. The van der Waals surface area contributed by atoms with Gasteiger partial charge in [0.15, 0.2) is 0 Å². The molecule has 0 heterocycles. The standard InChI is InChI=1S/C14H20BrNO3/c1-10(16-14(18)5-3-4-8-17)11-6-7-13(19-2)12(15)9-11/h6-7,9-10,17H,3-5,8H2,1-2H3,(H,16,18). The van der Waals surface area contributed by atoms with E-state index in [-0.39, 0.29) is 18.6 Å². The summed E-state index contributed by atoms with van der Waals surface area (Å²) >= 11 is 3.43. The van der Waals surface area contributed by atoms with Crippen LogP contribution in [-0.2, 0) is 4.79 Å². The summed E-state index contributed by atoms with van der Waals surface area (Å²) in [6, 6.07) is 5.69. The third kappa shape index (κ3) is 5.20.